The van der Waals surface area contributed by atoms with Crippen LogP contribution in [-0.2, 0) is 6.54 Å². The molecular weight excluding hydrogens is 293 g/mol. The van der Waals surface area contributed by atoms with Crippen molar-refractivity contribution in [3.63, 3.8) is 0 Å². The number of nitrogens with zero attached hydrogens (tertiary/aromatic N) is 4. The molecular formula is C17H16FN5. The predicted octanol–water partition coefficient (Wildman–Crippen LogP) is 3.98. The lowest BCUT2D eigenvalue weighted by atomic mass is 10.2. The summed E-state index contributed by atoms with van der Waals surface area (Å²) in [6, 6.07) is 14.2. The molecule has 0 radical (unpaired) electrons. The fourth-order valence-corrected chi connectivity index (χ4v) is 2.76. The Balaban J connectivity index is 1.85. The second kappa shape index (κ2) is 5.39. The maximum Gasteiger partial charge on any atom is 0.229 e. The second-order valence-electron chi connectivity index (χ2n) is 5.44. The number of aryl methyl sites for hydroxylation is 1. The van der Waals surface area contributed by atoms with Crippen LogP contribution in [-0.4, -0.2) is 19.4 Å². The number of halogens is 1. The minimum atomic E-state index is -0.256. The zero-order valence-corrected chi connectivity index (χ0v) is 12.7. The van der Waals surface area contributed by atoms with Crippen molar-refractivity contribution in [1.29, 1.82) is 0 Å². The lowest BCUT2D eigenvalue weighted by molar-refractivity contribution is 0.628. The first kappa shape index (κ1) is 13.8. The van der Waals surface area contributed by atoms with Gasteiger partial charge in [0.25, 0.3) is 0 Å². The third kappa shape index (κ3) is 2.32. The molecule has 116 valence electrons. The van der Waals surface area contributed by atoms with E-state index in [9.17, 15) is 4.39 Å². The monoisotopic (exact) mass is 309 g/mol. The fourth-order valence-electron chi connectivity index (χ4n) is 2.76. The zero-order chi connectivity index (χ0) is 15.8. The number of rotatable bonds is 4. The maximum atomic E-state index is 13.1. The van der Waals surface area contributed by atoms with E-state index in [4.69, 9.17) is 0 Å². The molecule has 4 aromatic rings. The standard InChI is InChI=1S/C17H16FN5/c1-2-11-22-16-14-5-3-4-6-15(14)20-23(16)21-17(22)19-13-9-7-12(18)8-10-13/h3-10H,2,11H2,1H3,(H,19,21). The van der Waals surface area contributed by atoms with Gasteiger partial charge in [-0.1, -0.05) is 19.1 Å². The predicted molar refractivity (Wildman–Crippen MR) is 88.5 cm³/mol. The Bertz CT molecular complexity index is 968. The molecule has 0 amide bonds. The zero-order valence-electron chi connectivity index (χ0n) is 12.7. The molecule has 5 nitrogen and oxygen atoms in total. The van der Waals surface area contributed by atoms with E-state index in [2.05, 4.69) is 27.0 Å². The van der Waals surface area contributed by atoms with Gasteiger partial charge in [0.2, 0.25) is 5.95 Å². The minimum absolute atomic E-state index is 0.256. The number of benzene rings is 2. The van der Waals surface area contributed by atoms with Crippen LogP contribution >= 0.6 is 0 Å². The highest BCUT2D eigenvalue weighted by molar-refractivity contribution is 5.92. The molecule has 6 heteroatoms. The Morgan fingerprint density at radius 3 is 2.61 bits per heavy atom. The molecule has 0 aliphatic rings. The first-order valence-corrected chi connectivity index (χ1v) is 7.63. The molecule has 0 saturated carbocycles. The van der Waals surface area contributed by atoms with Crippen molar-refractivity contribution in [2.75, 3.05) is 5.32 Å². The van der Waals surface area contributed by atoms with E-state index in [1.54, 1.807) is 16.8 Å². The van der Waals surface area contributed by atoms with Gasteiger partial charge in [-0.25, -0.2) is 4.39 Å². The molecule has 2 aromatic heterocycles. The van der Waals surface area contributed by atoms with Crippen molar-refractivity contribution in [3.8, 4) is 0 Å². The van der Waals surface area contributed by atoms with Crippen LogP contribution in [0.3, 0.4) is 0 Å². The lowest BCUT2D eigenvalue weighted by Crippen LogP contribution is -2.03. The van der Waals surface area contributed by atoms with Gasteiger partial charge in [-0.2, -0.15) is 0 Å². The van der Waals surface area contributed by atoms with Gasteiger partial charge in [0.1, 0.15) is 5.82 Å². The Kier molecular flexibility index (Phi) is 3.22. The summed E-state index contributed by atoms with van der Waals surface area (Å²) in [5.74, 6) is 0.444. The number of aromatic nitrogens is 4. The second-order valence-corrected chi connectivity index (χ2v) is 5.44. The molecule has 4 rings (SSSR count). The van der Waals surface area contributed by atoms with Gasteiger partial charge in [-0.15, -0.1) is 14.8 Å². The summed E-state index contributed by atoms with van der Waals surface area (Å²) < 4.78 is 16.8. The molecule has 2 heterocycles. The van der Waals surface area contributed by atoms with Gasteiger partial charge in [-0.3, -0.25) is 4.57 Å². The topological polar surface area (TPSA) is 47.2 Å². The number of anilines is 2. The van der Waals surface area contributed by atoms with Gasteiger partial charge < -0.3 is 5.32 Å². The Hall–Kier alpha value is -2.89. The van der Waals surface area contributed by atoms with Crippen LogP contribution < -0.4 is 5.32 Å². The van der Waals surface area contributed by atoms with E-state index in [-0.39, 0.29) is 5.82 Å². The molecule has 2 aromatic carbocycles. The van der Waals surface area contributed by atoms with Crippen LogP contribution in [0.1, 0.15) is 13.3 Å². The number of hydrogen-bond donors (Lipinski definition) is 1. The Labute approximate surface area is 132 Å². The van der Waals surface area contributed by atoms with E-state index >= 15 is 0 Å². The van der Waals surface area contributed by atoms with Crippen LogP contribution in [0.4, 0.5) is 16.0 Å². The van der Waals surface area contributed by atoms with Crippen molar-refractivity contribution in [1.82, 2.24) is 19.4 Å². The first-order chi connectivity index (χ1) is 11.3. The largest absolute Gasteiger partial charge is 0.324 e. The summed E-state index contributed by atoms with van der Waals surface area (Å²) in [5, 5.41) is 13.4. The molecule has 0 bridgehead atoms. The highest BCUT2D eigenvalue weighted by Crippen LogP contribution is 2.24. The summed E-state index contributed by atoms with van der Waals surface area (Å²) >= 11 is 0. The molecule has 0 saturated heterocycles. The fraction of sp³-hybridized carbons (Fsp3) is 0.176. The van der Waals surface area contributed by atoms with Crippen LogP contribution in [0.2, 0.25) is 0 Å². The average molecular weight is 309 g/mol. The highest BCUT2D eigenvalue weighted by atomic mass is 19.1. The molecule has 23 heavy (non-hydrogen) atoms. The summed E-state index contributed by atoms with van der Waals surface area (Å²) in [6.07, 6.45) is 0.976. The molecule has 0 fully saturated rings. The molecule has 0 unspecified atom stereocenters. The van der Waals surface area contributed by atoms with Gasteiger partial charge in [0, 0.05) is 17.6 Å². The number of hydrogen-bond acceptors (Lipinski definition) is 3. The third-order valence-corrected chi connectivity index (χ3v) is 3.79. The van der Waals surface area contributed by atoms with E-state index < -0.39 is 0 Å². The van der Waals surface area contributed by atoms with Gasteiger partial charge in [0.15, 0.2) is 5.65 Å². The highest BCUT2D eigenvalue weighted by Gasteiger charge is 2.15. The van der Waals surface area contributed by atoms with Crippen molar-refractivity contribution >= 4 is 28.2 Å². The first-order valence-electron chi connectivity index (χ1n) is 7.63. The quantitative estimate of drug-likeness (QED) is 0.620. The van der Waals surface area contributed by atoms with Gasteiger partial charge in [-0.05, 0) is 42.8 Å². The lowest BCUT2D eigenvalue weighted by Gasteiger charge is -2.08. The molecule has 0 spiro atoms. The molecule has 0 aliphatic heterocycles. The van der Waals surface area contributed by atoms with Crippen LogP contribution in [0.25, 0.3) is 16.6 Å². The number of nitrogens with one attached hydrogen (secondary N) is 1. The van der Waals surface area contributed by atoms with Gasteiger partial charge >= 0.3 is 0 Å². The van der Waals surface area contributed by atoms with E-state index in [1.165, 1.54) is 12.1 Å². The maximum absolute atomic E-state index is 13.1. The average Bonchev–Trinajstić information content (AvgIpc) is 3.07. The van der Waals surface area contributed by atoms with Crippen molar-refractivity contribution < 1.29 is 4.39 Å². The molecule has 0 atom stereocenters. The molecule has 1 N–H and O–H groups in total. The Morgan fingerprint density at radius 1 is 1.04 bits per heavy atom. The third-order valence-electron chi connectivity index (χ3n) is 3.79. The van der Waals surface area contributed by atoms with Crippen molar-refractivity contribution in [2.24, 2.45) is 0 Å². The van der Waals surface area contributed by atoms with Crippen molar-refractivity contribution in [2.45, 2.75) is 19.9 Å². The van der Waals surface area contributed by atoms with E-state index in [0.29, 0.717) is 5.95 Å². The van der Waals surface area contributed by atoms with E-state index in [1.807, 2.05) is 24.3 Å². The summed E-state index contributed by atoms with van der Waals surface area (Å²) in [7, 11) is 0. The number of fused-ring (bicyclic) bond motifs is 3. The SMILES string of the molecule is CCCn1c(Nc2ccc(F)cc2)nn2nc3ccccc3c12. The van der Waals surface area contributed by atoms with Crippen LogP contribution in [0.5, 0.6) is 0 Å². The smallest absolute Gasteiger partial charge is 0.229 e. The Morgan fingerprint density at radius 2 is 1.83 bits per heavy atom. The summed E-state index contributed by atoms with van der Waals surface area (Å²) in [4.78, 5) is 0. The van der Waals surface area contributed by atoms with Crippen LogP contribution in [0.15, 0.2) is 48.5 Å². The molecule has 0 aliphatic carbocycles. The van der Waals surface area contributed by atoms with Gasteiger partial charge in [0.05, 0.1) is 5.52 Å². The van der Waals surface area contributed by atoms with E-state index in [0.717, 1.165) is 35.2 Å². The normalized spacial score (nSPS) is 11.4. The summed E-state index contributed by atoms with van der Waals surface area (Å²) in [5.41, 5.74) is 2.68. The summed E-state index contributed by atoms with van der Waals surface area (Å²) in [6.45, 7) is 2.94. The van der Waals surface area contributed by atoms with Crippen LogP contribution in [0, 0.1) is 5.82 Å². The minimum Gasteiger partial charge on any atom is -0.324 e. The van der Waals surface area contributed by atoms with Crippen molar-refractivity contribution in [3.05, 3.63) is 54.3 Å².